The number of hydrogen-bond acceptors (Lipinski definition) is 5. The molecular formula is C23H32O5. The summed E-state index contributed by atoms with van der Waals surface area (Å²) >= 11 is 0. The fourth-order valence-electron chi connectivity index (χ4n) is 7.14. The number of ketones is 1. The van der Waals surface area contributed by atoms with Crippen molar-refractivity contribution in [2.45, 2.75) is 71.6 Å². The minimum atomic E-state index is -1.71. The zero-order chi connectivity index (χ0) is 20.4. The first-order chi connectivity index (χ1) is 12.9. The van der Waals surface area contributed by atoms with Crippen LogP contribution in [0.5, 0.6) is 0 Å². The summed E-state index contributed by atoms with van der Waals surface area (Å²) in [5, 5.41) is 23.4. The third kappa shape index (κ3) is 1.95. The molecule has 1 spiro atoms. The summed E-state index contributed by atoms with van der Waals surface area (Å²) in [5.41, 5.74) is -1.29. The molecule has 0 aromatic rings. The van der Waals surface area contributed by atoms with E-state index in [1.54, 1.807) is 0 Å². The molecule has 3 fully saturated rings. The average Bonchev–Trinajstić information content (AvgIpc) is 3.10. The average molecular weight is 389 g/mol. The van der Waals surface area contributed by atoms with Crippen molar-refractivity contribution in [3.05, 3.63) is 23.3 Å². The van der Waals surface area contributed by atoms with E-state index in [9.17, 15) is 15.0 Å². The van der Waals surface area contributed by atoms with Gasteiger partial charge >= 0.3 is 0 Å². The molecule has 154 valence electrons. The Labute approximate surface area is 166 Å². The molecule has 5 aliphatic rings. The molecule has 1 aliphatic heterocycles. The van der Waals surface area contributed by atoms with Crippen molar-refractivity contribution in [1.82, 2.24) is 0 Å². The van der Waals surface area contributed by atoms with E-state index in [-0.39, 0.29) is 29.0 Å². The molecule has 0 aromatic heterocycles. The summed E-state index contributed by atoms with van der Waals surface area (Å²) in [6.07, 6.45) is 2.85. The number of allylic oxidation sites excluding steroid dienone is 1. The molecule has 8 atom stereocenters. The topological polar surface area (TPSA) is 76.0 Å². The number of rotatable bonds is 0. The predicted octanol–water partition coefficient (Wildman–Crippen LogP) is 2.61. The van der Waals surface area contributed by atoms with E-state index in [1.807, 2.05) is 32.9 Å². The van der Waals surface area contributed by atoms with Crippen LogP contribution in [0.2, 0.25) is 0 Å². The Kier molecular flexibility index (Phi) is 3.51. The van der Waals surface area contributed by atoms with Gasteiger partial charge in [0.2, 0.25) is 0 Å². The lowest BCUT2D eigenvalue weighted by Crippen LogP contribution is -2.67. The van der Waals surface area contributed by atoms with Gasteiger partial charge in [-0.15, -0.1) is 0 Å². The van der Waals surface area contributed by atoms with Crippen LogP contribution in [0.3, 0.4) is 0 Å². The van der Waals surface area contributed by atoms with Crippen LogP contribution in [-0.4, -0.2) is 46.2 Å². The highest BCUT2D eigenvalue weighted by atomic mass is 16.7. The summed E-state index contributed by atoms with van der Waals surface area (Å²) in [6, 6.07) is 0. The fourth-order valence-corrected chi connectivity index (χ4v) is 7.14. The Morgan fingerprint density at radius 1 is 1.21 bits per heavy atom. The summed E-state index contributed by atoms with van der Waals surface area (Å²) in [7, 11) is 0. The molecule has 0 amide bonds. The Hall–Kier alpha value is -1.01. The Morgan fingerprint density at radius 2 is 1.89 bits per heavy atom. The number of fused-ring (bicyclic) bond motifs is 5. The monoisotopic (exact) mass is 388 g/mol. The lowest BCUT2D eigenvalue weighted by Gasteiger charge is -2.52. The van der Waals surface area contributed by atoms with Gasteiger partial charge in [0.05, 0.1) is 12.0 Å². The predicted molar refractivity (Wildman–Crippen MR) is 103 cm³/mol. The molecule has 2 bridgehead atoms. The highest BCUT2D eigenvalue weighted by molar-refractivity contribution is 5.95. The number of aliphatic hydroxyl groups is 2. The number of ether oxygens (including phenoxy) is 2. The van der Waals surface area contributed by atoms with Crippen LogP contribution in [0.4, 0.5) is 0 Å². The smallest absolute Gasteiger partial charge is 0.164 e. The number of carbonyl (C=O) groups is 1. The van der Waals surface area contributed by atoms with Crippen LogP contribution in [-0.2, 0) is 14.3 Å². The van der Waals surface area contributed by atoms with Gasteiger partial charge in [0, 0.05) is 5.92 Å². The highest BCUT2D eigenvalue weighted by Crippen LogP contribution is 2.72. The normalized spacial score (nSPS) is 53.1. The zero-order valence-electron chi connectivity index (χ0n) is 17.7. The Balaban J connectivity index is 1.77. The first kappa shape index (κ1) is 19.0. The second-order valence-corrected chi connectivity index (χ2v) is 10.9. The van der Waals surface area contributed by atoms with E-state index in [0.29, 0.717) is 18.1 Å². The number of aliphatic hydroxyl groups excluding tert-OH is 1. The van der Waals surface area contributed by atoms with E-state index in [1.165, 1.54) is 0 Å². The molecule has 2 saturated carbocycles. The third-order valence-corrected chi connectivity index (χ3v) is 8.71. The van der Waals surface area contributed by atoms with Crippen molar-refractivity contribution in [1.29, 1.82) is 0 Å². The number of carbonyl (C=O) groups excluding carboxylic acids is 1. The SMILES string of the molecule is CC1=C[C@]23C(=O)[C@@H](C=C4COC(C)(C)O[C@H]4[C@@]2(O)[C@H]1O)[C@H]1[C@@H](C[C@H]3C)C1(C)C. The zero-order valence-corrected chi connectivity index (χ0v) is 17.7. The van der Waals surface area contributed by atoms with Crippen molar-refractivity contribution < 1.29 is 24.5 Å². The first-order valence-corrected chi connectivity index (χ1v) is 10.5. The van der Waals surface area contributed by atoms with Crippen LogP contribution in [0.25, 0.3) is 0 Å². The molecule has 2 N–H and O–H groups in total. The van der Waals surface area contributed by atoms with Crippen LogP contribution in [0, 0.1) is 34.5 Å². The Morgan fingerprint density at radius 3 is 2.57 bits per heavy atom. The molecule has 0 radical (unpaired) electrons. The van der Waals surface area contributed by atoms with Crippen molar-refractivity contribution in [3.63, 3.8) is 0 Å². The lowest BCUT2D eigenvalue weighted by atomic mass is 9.59. The summed E-state index contributed by atoms with van der Waals surface area (Å²) in [5.74, 6) is -0.504. The molecule has 5 nitrogen and oxygen atoms in total. The second kappa shape index (κ2) is 5.18. The fraction of sp³-hybridized carbons (Fsp3) is 0.783. The van der Waals surface area contributed by atoms with Gasteiger partial charge in [0.25, 0.3) is 0 Å². The van der Waals surface area contributed by atoms with Crippen LogP contribution >= 0.6 is 0 Å². The molecule has 4 aliphatic carbocycles. The maximum atomic E-state index is 14.1. The van der Waals surface area contributed by atoms with Gasteiger partial charge in [0.15, 0.2) is 11.6 Å². The summed E-state index contributed by atoms with van der Waals surface area (Å²) < 4.78 is 12.1. The summed E-state index contributed by atoms with van der Waals surface area (Å²) in [6.45, 7) is 12.3. The maximum absolute atomic E-state index is 14.1. The maximum Gasteiger partial charge on any atom is 0.164 e. The standard InChI is InChI=1S/C23H32O5/c1-11-9-22-12(2)7-15-16(20(15,3)4)14(18(22)25)8-13-10-27-21(5,6)28-19(13)23(22,26)17(11)24/h8-9,12,14-17,19,24,26H,7,10H2,1-6H3/t12-,14+,15-,16+,17+,19-,22+,23+/m1/s1. The van der Waals surface area contributed by atoms with E-state index in [0.717, 1.165) is 12.0 Å². The van der Waals surface area contributed by atoms with Gasteiger partial charge in [0.1, 0.15) is 17.8 Å². The molecule has 28 heavy (non-hydrogen) atoms. The highest BCUT2D eigenvalue weighted by Gasteiger charge is 2.76. The molecule has 5 rings (SSSR count). The van der Waals surface area contributed by atoms with Gasteiger partial charge in [-0.25, -0.2) is 0 Å². The molecule has 0 aromatic carbocycles. The van der Waals surface area contributed by atoms with Crippen LogP contribution in [0.15, 0.2) is 23.3 Å². The van der Waals surface area contributed by atoms with Gasteiger partial charge in [-0.1, -0.05) is 32.9 Å². The van der Waals surface area contributed by atoms with E-state index in [2.05, 4.69) is 20.8 Å². The minimum Gasteiger partial charge on any atom is -0.386 e. The molecular weight excluding hydrogens is 356 g/mol. The van der Waals surface area contributed by atoms with Gasteiger partial charge in [-0.3, -0.25) is 4.79 Å². The van der Waals surface area contributed by atoms with Crippen molar-refractivity contribution >= 4 is 5.78 Å². The van der Waals surface area contributed by atoms with E-state index >= 15 is 0 Å². The molecule has 1 heterocycles. The largest absolute Gasteiger partial charge is 0.386 e. The van der Waals surface area contributed by atoms with Gasteiger partial charge in [-0.05, 0) is 61.5 Å². The van der Waals surface area contributed by atoms with Crippen LogP contribution < -0.4 is 0 Å². The van der Waals surface area contributed by atoms with Crippen LogP contribution in [0.1, 0.15) is 48.0 Å². The minimum absolute atomic E-state index is 0.0415. The third-order valence-electron chi connectivity index (χ3n) is 8.71. The van der Waals surface area contributed by atoms with Crippen molar-refractivity contribution in [2.75, 3.05) is 6.61 Å². The van der Waals surface area contributed by atoms with E-state index < -0.39 is 29.0 Å². The quantitative estimate of drug-likeness (QED) is 0.624. The molecule has 1 saturated heterocycles. The van der Waals surface area contributed by atoms with E-state index in [4.69, 9.17) is 9.47 Å². The number of Topliss-reactive ketones (excluding diaryl/α,β-unsaturated/α-hetero) is 1. The second-order valence-electron chi connectivity index (χ2n) is 10.9. The molecule has 5 heteroatoms. The number of hydrogen-bond donors (Lipinski definition) is 2. The van der Waals surface area contributed by atoms with Gasteiger partial charge < -0.3 is 19.7 Å². The summed E-state index contributed by atoms with van der Waals surface area (Å²) in [4.78, 5) is 14.1. The van der Waals surface area contributed by atoms with Crippen molar-refractivity contribution in [3.8, 4) is 0 Å². The Bertz CT molecular complexity index is 823. The lowest BCUT2D eigenvalue weighted by molar-refractivity contribution is -0.303. The van der Waals surface area contributed by atoms with Crippen molar-refractivity contribution in [2.24, 2.45) is 34.5 Å². The molecule has 0 unspecified atom stereocenters. The first-order valence-electron chi connectivity index (χ1n) is 10.5. The van der Waals surface area contributed by atoms with Gasteiger partial charge in [-0.2, -0.15) is 0 Å².